The molecule has 0 fully saturated rings. The van der Waals surface area contributed by atoms with Gasteiger partial charge in [0.2, 0.25) is 5.91 Å². The van der Waals surface area contributed by atoms with Crippen LogP contribution in [-0.4, -0.2) is 21.7 Å². The monoisotopic (exact) mass is 235 g/mol. The number of hydrogen-bond acceptors (Lipinski definition) is 5. The zero-order valence-corrected chi connectivity index (χ0v) is 8.75. The average Bonchev–Trinajstić information content (AvgIpc) is 2.29. The van der Waals surface area contributed by atoms with Crippen molar-refractivity contribution in [3.63, 3.8) is 0 Å². The fraction of sp³-hybridized carbons (Fsp3) is 0.100. The highest BCUT2D eigenvalue weighted by atomic mass is 16.6. The van der Waals surface area contributed by atoms with E-state index < -0.39 is 22.4 Å². The van der Waals surface area contributed by atoms with E-state index in [1.54, 1.807) is 0 Å². The van der Waals surface area contributed by atoms with Gasteiger partial charge in [0.25, 0.3) is 11.6 Å². The van der Waals surface area contributed by atoms with Gasteiger partial charge in [0, 0.05) is 12.6 Å². The highest BCUT2D eigenvalue weighted by molar-refractivity contribution is 6.07. The van der Waals surface area contributed by atoms with Crippen LogP contribution in [0.4, 0.5) is 5.69 Å². The van der Waals surface area contributed by atoms with E-state index in [2.05, 4.69) is 11.6 Å². The van der Waals surface area contributed by atoms with Crippen molar-refractivity contribution in [2.24, 2.45) is 0 Å². The van der Waals surface area contributed by atoms with E-state index in [0.717, 1.165) is 6.20 Å². The van der Waals surface area contributed by atoms with Crippen molar-refractivity contribution in [3.05, 3.63) is 46.8 Å². The number of amides is 2. The summed E-state index contributed by atoms with van der Waals surface area (Å²) in [6, 6.07) is 1.18. The van der Waals surface area contributed by atoms with Gasteiger partial charge in [-0.3, -0.25) is 30.0 Å². The number of nitrogens with one attached hydrogen (secondary N) is 1. The summed E-state index contributed by atoms with van der Waals surface area (Å²) in [7, 11) is 0. The summed E-state index contributed by atoms with van der Waals surface area (Å²) < 4.78 is 0. The first kappa shape index (κ1) is 12.5. The Balaban J connectivity index is 2.92. The van der Waals surface area contributed by atoms with E-state index in [0.29, 0.717) is 0 Å². The SMILES string of the molecule is C=CCC(=O)NC(=O)c1ccncc1[N+](=O)[O-]. The molecule has 88 valence electrons. The minimum Gasteiger partial charge on any atom is -0.292 e. The smallest absolute Gasteiger partial charge is 0.292 e. The van der Waals surface area contributed by atoms with E-state index in [4.69, 9.17) is 0 Å². The molecule has 1 N–H and O–H groups in total. The van der Waals surface area contributed by atoms with Crippen LogP contribution in [0.3, 0.4) is 0 Å². The van der Waals surface area contributed by atoms with Crippen molar-refractivity contribution in [1.29, 1.82) is 0 Å². The van der Waals surface area contributed by atoms with E-state index in [9.17, 15) is 19.7 Å². The highest BCUT2D eigenvalue weighted by Crippen LogP contribution is 2.15. The number of rotatable bonds is 4. The maximum Gasteiger partial charge on any atom is 0.300 e. The Bertz CT molecular complexity index is 484. The molecule has 0 spiro atoms. The summed E-state index contributed by atoms with van der Waals surface area (Å²) in [6.07, 6.45) is 3.47. The molecule has 0 aliphatic rings. The summed E-state index contributed by atoms with van der Waals surface area (Å²) in [5.74, 6) is -1.40. The Kier molecular flexibility index (Phi) is 4.04. The molecule has 1 aromatic heterocycles. The highest BCUT2D eigenvalue weighted by Gasteiger charge is 2.20. The molecule has 0 saturated heterocycles. The number of nitrogens with zero attached hydrogens (tertiary/aromatic N) is 2. The normalized spacial score (nSPS) is 9.41. The van der Waals surface area contributed by atoms with Crippen LogP contribution in [0.5, 0.6) is 0 Å². The van der Waals surface area contributed by atoms with Crippen molar-refractivity contribution in [2.45, 2.75) is 6.42 Å². The number of nitro groups is 1. The molecule has 0 atom stereocenters. The lowest BCUT2D eigenvalue weighted by Crippen LogP contribution is -2.30. The van der Waals surface area contributed by atoms with Gasteiger partial charge in [0.1, 0.15) is 11.8 Å². The third-order valence-corrected chi connectivity index (χ3v) is 1.82. The lowest BCUT2D eigenvalue weighted by Gasteiger charge is -2.02. The van der Waals surface area contributed by atoms with E-state index in [1.165, 1.54) is 18.3 Å². The maximum atomic E-state index is 11.6. The molecule has 0 unspecified atom stereocenters. The molecule has 7 nitrogen and oxygen atoms in total. The second-order valence-corrected chi connectivity index (χ2v) is 3.02. The summed E-state index contributed by atoms with van der Waals surface area (Å²) in [6.45, 7) is 3.34. The van der Waals surface area contributed by atoms with Crippen LogP contribution in [0.2, 0.25) is 0 Å². The van der Waals surface area contributed by atoms with Gasteiger partial charge in [-0.05, 0) is 6.07 Å². The Morgan fingerprint density at radius 1 is 1.59 bits per heavy atom. The van der Waals surface area contributed by atoms with Crippen LogP contribution in [0.1, 0.15) is 16.8 Å². The summed E-state index contributed by atoms with van der Waals surface area (Å²) in [5, 5.41) is 12.6. The summed E-state index contributed by atoms with van der Waals surface area (Å²) in [4.78, 5) is 36.1. The van der Waals surface area contributed by atoms with Gasteiger partial charge < -0.3 is 0 Å². The fourth-order valence-corrected chi connectivity index (χ4v) is 1.10. The Morgan fingerprint density at radius 2 is 2.29 bits per heavy atom. The van der Waals surface area contributed by atoms with Gasteiger partial charge in [0.15, 0.2) is 0 Å². The Labute approximate surface area is 96.3 Å². The molecule has 1 heterocycles. The largest absolute Gasteiger partial charge is 0.300 e. The molecule has 0 bridgehead atoms. The van der Waals surface area contributed by atoms with E-state index in [1.807, 2.05) is 5.32 Å². The standard InChI is InChI=1S/C10H9N3O4/c1-2-3-9(14)12-10(15)7-4-5-11-6-8(7)13(16)17/h2,4-6H,1,3H2,(H,12,14,15). The zero-order valence-electron chi connectivity index (χ0n) is 8.75. The van der Waals surface area contributed by atoms with Crippen LogP contribution in [0.25, 0.3) is 0 Å². The second-order valence-electron chi connectivity index (χ2n) is 3.02. The first-order chi connectivity index (χ1) is 8.06. The second kappa shape index (κ2) is 5.50. The zero-order chi connectivity index (χ0) is 12.8. The molecule has 0 aliphatic heterocycles. The van der Waals surface area contributed by atoms with Crippen molar-refractivity contribution in [1.82, 2.24) is 10.3 Å². The van der Waals surface area contributed by atoms with Crippen LogP contribution >= 0.6 is 0 Å². The first-order valence-electron chi connectivity index (χ1n) is 4.59. The van der Waals surface area contributed by atoms with Crippen molar-refractivity contribution in [3.8, 4) is 0 Å². The molecule has 17 heavy (non-hydrogen) atoms. The molecular weight excluding hydrogens is 226 g/mol. The quantitative estimate of drug-likeness (QED) is 0.473. The van der Waals surface area contributed by atoms with Crippen molar-refractivity contribution < 1.29 is 14.5 Å². The van der Waals surface area contributed by atoms with Gasteiger partial charge in [-0.1, -0.05) is 6.08 Å². The van der Waals surface area contributed by atoms with Crippen molar-refractivity contribution >= 4 is 17.5 Å². The molecule has 7 heteroatoms. The molecule has 0 saturated carbocycles. The predicted octanol–water partition coefficient (Wildman–Crippen LogP) is 0.822. The molecular formula is C10H9N3O4. The summed E-state index contributed by atoms with van der Waals surface area (Å²) in [5.41, 5.74) is -0.654. The maximum absolute atomic E-state index is 11.6. The van der Waals surface area contributed by atoms with Crippen LogP contribution in [0.15, 0.2) is 31.1 Å². The topological polar surface area (TPSA) is 102 Å². The minimum absolute atomic E-state index is 0.0371. The number of imide groups is 1. The Morgan fingerprint density at radius 3 is 2.88 bits per heavy atom. The number of hydrogen-bond donors (Lipinski definition) is 1. The minimum atomic E-state index is -0.828. The van der Waals surface area contributed by atoms with Gasteiger partial charge in [-0.15, -0.1) is 6.58 Å². The van der Waals surface area contributed by atoms with E-state index in [-0.39, 0.29) is 12.0 Å². The molecule has 0 aliphatic carbocycles. The fourth-order valence-electron chi connectivity index (χ4n) is 1.10. The number of pyridine rings is 1. The average molecular weight is 235 g/mol. The lowest BCUT2D eigenvalue weighted by atomic mass is 10.2. The Hall–Kier alpha value is -2.57. The van der Waals surface area contributed by atoms with Gasteiger partial charge in [-0.2, -0.15) is 0 Å². The molecule has 1 aromatic rings. The number of carbonyl (C=O) groups is 2. The molecule has 0 aromatic carbocycles. The number of aromatic nitrogens is 1. The van der Waals surface area contributed by atoms with Crippen molar-refractivity contribution in [2.75, 3.05) is 0 Å². The molecule has 0 radical (unpaired) electrons. The van der Waals surface area contributed by atoms with Crippen LogP contribution < -0.4 is 5.32 Å². The van der Waals surface area contributed by atoms with Gasteiger partial charge >= 0.3 is 0 Å². The number of carbonyl (C=O) groups excluding carboxylic acids is 2. The molecule has 1 rings (SSSR count). The van der Waals surface area contributed by atoms with Gasteiger partial charge in [-0.25, -0.2) is 0 Å². The lowest BCUT2D eigenvalue weighted by molar-refractivity contribution is -0.385. The third kappa shape index (κ3) is 3.20. The van der Waals surface area contributed by atoms with Crippen LogP contribution in [-0.2, 0) is 4.79 Å². The van der Waals surface area contributed by atoms with Crippen LogP contribution in [0, 0.1) is 10.1 Å². The van der Waals surface area contributed by atoms with E-state index >= 15 is 0 Å². The van der Waals surface area contributed by atoms with Gasteiger partial charge in [0.05, 0.1) is 4.92 Å². The predicted molar refractivity (Wildman–Crippen MR) is 58.2 cm³/mol. The molecule has 2 amide bonds. The third-order valence-electron chi connectivity index (χ3n) is 1.82. The summed E-state index contributed by atoms with van der Waals surface area (Å²) >= 11 is 0. The first-order valence-corrected chi connectivity index (χ1v) is 4.59.